The van der Waals surface area contributed by atoms with Gasteiger partial charge in [-0.25, -0.2) is 0 Å². The van der Waals surface area contributed by atoms with Gasteiger partial charge in [0.1, 0.15) is 6.04 Å². The molecule has 0 aliphatic heterocycles. The summed E-state index contributed by atoms with van der Waals surface area (Å²) in [5, 5.41) is 16.4. The highest BCUT2D eigenvalue weighted by atomic mass is 15.2. The summed E-state index contributed by atoms with van der Waals surface area (Å²) in [6.07, 6.45) is 3.57. The maximum Gasteiger partial charge on any atom is 0.124 e. The predicted molar refractivity (Wildman–Crippen MR) is 64.8 cm³/mol. The summed E-state index contributed by atoms with van der Waals surface area (Å²) in [4.78, 5) is 0. The van der Waals surface area contributed by atoms with Crippen molar-refractivity contribution < 1.29 is 0 Å². The van der Waals surface area contributed by atoms with Crippen LogP contribution < -0.4 is 5.32 Å². The Morgan fingerprint density at radius 2 is 2.18 bits per heavy atom. The van der Waals surface area contributed by atoms with Crippen molar-refractivity contribution in [2.45, 2.75) is 12.6 Å². The van der Waals surface area contributed by atoms with Crippen molar-refractivity contribution in [1.29, 1.82) is 5.26 Å². The summed E-state index contributed by atoms with van der Waals surface area (Å²) in [5.74, 6) is 0. The molecule has 2 aromatic rings. The van der Waals surface area contributed by atoms with Gasteiger partial charge < -0.3 is 0 Å². The van der Waals surface area contributed by atoms with Crippen LogP contribution in [0.1, 0.15) is 17.2 Å². The molecule has 1 aromatic heterocycles. The summed E-state index contributed by atoms with van der Waals surface area (Å²) in [5.41, 5.74) is 2.06. The van der Waals surface area contributed by atoms with Crippen molar-refractivity contribution >= 4 is 0 Å². The highest BCUT2D eigenvalue weighted by molar-refractivity contribution is 5.19. The molecule has 86 valence electrons. The van der Waals surface area contributed by atoms with E-state index >= 15 is 0 Å². The first-order valence-corrected chi connectivity index (χ1v) is 5.45. The van der Waals surface area contributed by atoms with Crippen LogP contribution in [0.2, 0.25) is 0 Å². The lowest BCUT2D eigenvalue weighted by Gasteiger charge is -2.09. The molecular weight excluding hydrogens is 212 g/mol. The fraction of sp³-hybridized carbons (Fsp3) is 0.231. The second kappa shape index (κ2) is 5.28. The molecular formula is C13H14N4. The van der Waals surface area contributed by atoms with E-state index in [1.54, 1.807) is 10.9 Å². The molecule has 1 N–H and O–H groups in total. The molecule has 0 aliphatic rings. The molecule has 4 nitrogen and oxygen atoms in total. The van der Waals surface area contributed by atoms with Gasteiger partial charge in [-0.05, 0) is 5.56 Å². The van der Waals surface area contributed by atoms with Gasteiger partial charge in [-0.3, -0.25) is 10.00 Å². The summed E-state index contributed by atoms with van der Waals surface area (Å²) in [7, 11) is 1.84. The number of benzene rings is 1. The van der Waals surface area contributed by atoms with E-state index in [-0.39, 0.29) is 6.04 Å². The van der Waals surface area contributed by atoms with Crippen LogP contribution in [0.5, 0.6) is 0 Å². The first-order chi connectivity index (χ1) is 8.29. The van der Waals surface area contributed by atoms with Crippen molar-refractivity contribution in [1.82, 2.24) is 15.1 Å². The highest BCUT2D eigenvalue weighted by Crippen LogP contribution is 2.11. The molecule has 0 saturated heterocycles. The van der Waals surface area contributed by atoms with Crippen LogP contribution in [0.25, 0.3) is 0 Å². The zero-order valence-electron chi connectivity index (χ0n) is 9.67. The number of aromatic nitrogens is 2. The third kappa shape index (κ3) is 2.92. The number of hydrogen-bond acceptors (Lipinski definition) is 3. The molecule has 1 aromatic carbocycles. The molecule has 0 bridgehead atoms. The van der Waals surface area contributed by atoms with Gasteiger partial charge in [-0.2, -0.15) is 10.4 Å². The van der Waals surface area contributed by atoms with E-state index in [2.05, 4.69) is 16.5 Å². The fourth-order valence-electron chi connectivity index (χ4n) is 1.64. The Morgan fingerprint density at radius 1 is 1.41 bits per heavy atom. The summed E-state index contributed by atoms with van der Waals surface area (Å²) >= 11 is 0. The SMILES string of the molecule is Cn1cc(C(C#N)NCc2ccccc2)cn1. The Bertz CT molecular complexity index is 510. The number of nitrogens with zero attached hydrogens (tertiary/aromatic N) is 3. The number of aryl methyl sites for hydroxylation is 1. The first kappa shape index (κ1) is 11.4. The van der Waals surface area contributed by atoms with Crippen molar-refractivity contribution in [3.05, 3.63) is 53.9 Å². The third-order valence-corrected chi connectivity index (χ3v) is 2.54. The molecule has 0 spiro atoms. The van der Waals surface area contributed by atoms with Crippen molar-refractivity contribution in [2.24, 2.45) is 7.05 Å². The van der Waals surface area contributed by atoms with Gasteiger partial charge in [0.05, 0.1) is 12.3 Å². The molecule has 2 rings (SSSR count). The molecule has 1 atom stereocenters. The lowest BCUT2D eigenvalue weighted by Crippen LogP contribution is -2.19. The smallest absolute Gasteiger partial charge is 0.124 e. The highest BCUT2D eigenvalue weighted by Gasteiger charge is 2.11. The van der Waals surface area contributed by atoms with Crippen LogP contribution in [0.4, 0.5) is 0 Å². The summed E-state index contributed by atoms with van der Waals surface area (Å²) in [6, 6.07) is 11.9. The summed E-state index contributed by atoms with van der Waals surface area (Å²) < 4.78 is 1.70. The second-order valence-electron chi connectivity index (χ2n) is 3.88. The molecule has 4 heteroatoms. The van der Waals surface area contributed by atoms with Gasteiger partial charge in [0, 0.05) is 25.4 Å². The van der Waals surface area contributed by atoms with Crippen molar-refractivity contribution in [2.75, 3.05) is 0 Å². The Morgan fingerprint density at radius 3 is 2.76 bits per heavy atom. The predicted octanol–water partition coefficient (Wildman–Crippen LogP) is 1.77. The normalized spacial score (nSPS) is 12.0. The van der Waals surface area contributed by atoms with Crippen LogP contribution in [0, 0.1) is 11.3 Å². The van der Waals surface area contributed by atoms with Crippen LogP contribution in [0.3, 0.4) is 0 Å². The lowest BCUT2D eigenvalue weighted by molar-refractivity contribution is 0.629. The molecule has 17 heavy (non-hydrogen) atoms. The van der Waals surface area contributed by atoms with E-state index in [9.17, 15) is 0 Å². The molecule has 0 amide bonds. The standard InChI is InChI=1S/C13H14N4/c1-17-10-12(9-16-17)13(7-14)15-8-11-5-3-2-4-6-11/h2-6,9-10,13,15H,8H2,1H3. The molecule has 0 fully saturated rings. The average molecular weight is 226 g/mol. The molecule has 0 saturated carbocycles. The van der Waals surface area contributed by atoms with E-state index in [0.717, 1.165) is 11.1 Å². The van der Waals surface area contributed by atoms with E-state index in [4.69, 9.17) is 5.26 Å². The van der Waals surface area contributed by atoms with E-state index in [1.807, 2.05) is 43.6 Å². The van der Waals surface area contributed by atoms with Gasteiger partial charge in [0.25, 0.3) is 0 Å². The Balaban J connectivity index is 2.00. The van der Waals surface area contributed by atoms with E-state index in [0.29, 0.717) is 6.54 Å². The largest absolute Gasteiger partial charge is 0.294 e. The van der Waals surface area contributed by atoms with Crippen LogP contribution in [-0.4, -0.2) is 9.78 Å². The maximum atomic E-state index is 9.12. The number of hydrogen-bond donors (Lipinski definition) is 1. The Kier molecular flexibility index (Phi) is 3.53. The van der Waals surface area contributed by atoms with Crippen molar-refractivity contribution in [3.63, 3.8) is 0 Å². The minimum absolute atomic E-state index is 0.316. The van der Waals surface area contributed by atoms with Crippen LogP contribution in [0.15, 0.2) is 42.7 Å². The maximum absolute atomic E-state index is 9.12. The monoisotopic (exact) mass is 226 g/mol. The van der Waals surface area contributed by atoms with E-state index in [1.165, 1.54) is 0 Å². The Labute approximate surface area is 100 Å². The van der Waals surface area contributed by atoms with Crippen LogP contribution in [-0.2, 0) is 13.6 Å². The number of nitriles is 1. The van der Waals surface area contributed by atoms with Crippen LogP contribution >= 0.6 is 0 Å². The van der Waals surface area contributed by atoms with Gasteiger partial charge in [-0.15, -0.1) is 0 Å². The molecule has 0 aliphatic carbocycles. The third-order valence-electron chi connectivity index (χ3n) is 2.54. The van der Waals surface area contributed by atoms with Crippen molar-refractivity contribution in [3.8, 4) is 6.07 Å². The zero-order chi connectivity index (χ0) is 12.1. The first-order valence-electron chi connectivity index (χ1n) is 5.45. The fourth-order valence-corrected chi connectivity index (χ4v) is 1.64. The quantitative estimate of drug-likeness (QED) is 0.864. The van der Waals surface area contributed by atoms with Gasteiger partial charge in [-0.1, -0.05) is 30.3 Å². The average Bonchev–Trinajstić information content (AvgIpc) is 2.78. The topological polar surface area (TPSA) is 53.6 Å². The van der Waals surface area contributed by atoms with Gasteiger partial charge >= 0.3 is 0 Å². The van der Waals surface area contributed by atoms with Gasteiger partial charge in [0.2, 0.25) is 0 Å². The Hall–Kier alpha value is -2.12. The summed E-state index contributed by atoms with van der Waals surface area (Å²) in [6.45, 7) is 0.675. The second-order valence-corrected chi connectivity index (χ2v) is 3.88. The molecule has 1 unspecified atom stereocenters. The van der Waals surface area contributed by atoms with E-state index < -0.39 is 0 Å². The minimum atomic E-state index is -0.316. The van der Waals surface area contributed by atoms with Gasteiger partial charge in [0.15, 0.2) is 0 Å². The lowest BCUT2D eigenvalue weighted by atomic mass is 10.1. The number of rotatable bonds is 4. The molecule has 1 heterocycles. The molecule has 0 radical (unpaired) electrons. The number of nitrogens with one attached hydrogen (secondary N) is 1. The minimum Gasteiger partial charge on any atom is -0.294 e. The zero-order valence-corrected chi connectivity index (χ0v) is 9.67.